The van der Waals surface area contributed by atoms with Crippen LogP contribution in [0.25, 0.3) is 0 Å². The lowest BCUT2D eigenvalue weighted by Crippen LogP contribution is -2.24. The van der Waals surface area contributed by atoms with E-state index in [1.54, 1.807) is 31.1 Å². The summed E-state index contributed by atoms with van der Waals surface area (Å²) in [5.41, 5.74) is 1.51. The van der Waals surface area contributed by atoms with E-state index in [2.05, 4.69) is 0 Å². The number of Topliss-reactive ketones (excluding diaryl/α,β-unsaturated/α-hetero) is 2. The van der Waals surface area contributed by atoms with Crippen LogP contribution in [0.4, 0.5) is 0 Å². The zero-order valence-corrected chi connectivity index (χ0v) is 12.7. The van der Waals surface area contributed by atoms with Gasteiger partial charge in [-0.3, -0.25) is 9.59 Å². The average molecular weight is 296 g/mol. The summed E-state index contributed by atoms with van der Waals surface area (Å²) in [6.45, 7) is 3.66. The Hall–Kier alpha value is -2.43. The van der Waals surface area contributed by atoms with Gasteiger partial charge in [-0.25, -0.2) is 4.79 Å². The molecule has 0 spiro atoms. The maximum Gasteiger partial charge on any atom is 0.331 e. The third kappa shape index (κ3) is 2.79. The van der Waals surface area contributed by atoms with Gasteiger partial charge in [0.15, 0.2) is 18.8 Å². The molecule has 0 saturated carbocycles. The number of allylic oxidation sites excluding steroid dienone is 3. The molecule has 2 rings (SSSR count). The van der Waals surface area contributed by atoms with Crippen LogP contribution in [0, 0.1) is 0 Å². The molecule has 0 aliphatic heterocycles. The average Bonchev–Trinajstić information content (AvgIpc) is 2.51. The van der Waals surface area contributed by atoms with E-state index < -0.39 is 5.97 Å². The van der Waals surface area contributed by atoms with E-state index in [1.807, 2.05) is 6.92 Å². The fourth-order valence-electron chi connectivity index (χ4n) is 2.63. The molecule has 0 amide bonds. The number of fused-ring (bicyclic) bond motifs is 1. The second-order valence-electron chi connectivity index (χ2n) is 5.17. The molecule has 1 aliphatic carbocycles. The van der Waals surface area contributed by atoms with E-state index >= 15 is 0 Å². The third-order valence-corrected chi connectivity index (χ3v) is 3.73. The van der Waals surface area contributed by atoms with Crippen LogP contribution in [0.15, 0.2) is 47.0 Å². The SMILES string of the molecule is CBC1=C(/C=C(\CCC)C(=O)O)C(=O)c2ccccc2C1=O. The Morgan fingerprint density at radius 3 is 2.27 bits per heavy atom. The largest absolute Gasteiger partial charge is 0.478 e. The fourth-order valence-corrected chi connectivity index (χ4v) is 2.63. The Balaban J connectivity index is 2.62. The summed E-state index contributed by atoms with van der Waals surface area (Å²) >= 11 is 0. The molecule has 112 valence electrons. The number of carbonyl (C=O) groups is 3. The minimum Gasteiger partial charge on any atom is -0.478 e. The summed E-state index contributed by atoms with van der Waals surface area (Å²) in [4.78, 5) is 36.5. The molecule has 22 heavy (non-hydrogen) atoms. The molecule has 1 aliphatic rings. The number of hydrogen-bond donors (Lipinski definition) is 1. The quantitative estimate of drug-likeness (QED) is 0.669. The van der Waals surface area contributed by atoms with E-state index in [0.717, 1.165) is 0 Å². The lowest BCUT2D eigenvalue weighted by Gasteiger charge is -2.19. The molecule has 1 aromatic rings. The first kappa shape index (κ1) is 16.0. The van der Waals surface area contributed by atoms with Gasteiger partial charge in [-0.1, -0.05) is 44.4 Å². The normalized spacial score (nSPS) is 14.9. The van der Waals surface area contributed by atoms with Crippen LogP contribution in [0.3, 0.4) is 0 Å². The van der Waals surface area contributed by atoms with Crippen molar-refractivity contribution in [2.75, 3.05) is 0 Å². The highest BCUT2D eigenvalue weighted by Crippen LogP contribution is 2.27. The standard InChI is InChI=1S/C17H17BO4/c1-3-6-10(17(21)22)9-13-14(18-2)16(20)12-8-5-4-7-11(12)15(13)19/h4-5,7-9,18H,3,6H2,1-2H3,(H,21,22)/b10-9+. The van der Waals surface area contributed by atoms with Gasteiger partial charge in [-0.05, 0) is 18.0 Å². The molecule has 0 fully saturated rings. The Labute approximate surface area is 129 Å². The van der Waals surface area contributed by atoms with Gasteiger partial charge in [0.2, 0.25) is 0 Å². The molecule has 0 bridgehead atoms. The lowest BCUT2D eigenvalue weighted by atomic mass is 9.63. The number of hydrogen-bond acceptors (Lipinski definition) is 3. The van der Waals surface area contributed by atoms with Crippen LogP contribution in [-0.4, -0.2) is 29.9 Å². The Morgan fingerprint density at radius 1 is 1.18 bits per heavy atom. The van der Waals surface area contributed by atoms with Gasteiger partial charge in [0.1, 0.15) is 0 Å². The van der Waals surface area contributed by atoms with Gasteiger partial charge in [0.25, 0.3) is 0 Å². The molecule has 0 atom stereocenters. The molecule has 0 unspecified atom stereocenters. The van der Waals surface area contributed by atoms with Gasteiger partial charge < -0.3 is 5.11 Å². The minimum absolute atomic E-state index is 0.156. The van der Waals surface area contributed by atoms with E-state index in [9.17, 15) is 19.5 Å². The van der Waals surface area contributed by atoms with Crippen LogP contribution in [0.2, 0.25) is 6.82 Å². The van der Waals surface area contributed by atoms with E-state index in [-0.39, 0.29) is 22.7 Å². The number of carboxylic acids is 1. The van der Waals surface area contributed by atoms with Crippen molar-refractivity contribution >= 4 is 24.8 Å². The van der Waals surface area contributed by atoms with E-state index in [0.29, 0.717) is 36.7 Å². The zero-order valence-electron chi connectivity index (χ0n) is 12.7. The lowest BCUT2D eigenvalue weighted by molar-refractivity contribution is -0.132. The highest BCUT2D eigenvalue weighted by atomic mass is 16.4. The van der Waals surface area contributed by atoms with Crippen molar-refractivity contribution in [3.8, 4) is 0 Å². The highest BCUT2D eigenvalue weighted by Gasteiger charge is 2.30. The third-order valence-electron chi connectivity index (χ3n) is 3.73. The number of benzene rings is 1. The Morgan fingerprint density at radius 2 is 1.77 bits per heavy atom. The molecular weight excluding hydrogens is 279 g/mol. The van der Waals surface area contributed by atoms with Crippen molar-refractivity contribution in [2.24, 2.45) is 0 Å². The van der Waals surface area contributed by atoms with Crippen molar-refractivity contribution in [3.63, 3.8) is 0 Å². The Bertz CT molecular complexity index is 713. The zero-order chi connectivity index (χ0) is 16.3. The molecule has 1 N–H and O–H groups in total. The van der Waals surface area contributed by atoms with Crippen LogP contribution < -0.4 is 0 Å². The topological polar surface area (TPSA) is 71.4 Å². The van der Waals surface area contributed by atoms with Crippen molar-refractivity contribution < 1.29 is 19.5 Å². The van der Waals surface area contributed by atoms with Gasteiger partial charge in [-0.2, -0.15) is 0 Å². The van der Waals surface area contributed by atoms with Gasteiger partial charge in [0.05, 0.1) is 0 Å². The van der Waals surface area contributed by atoms with Crippen LogP contribution in [0.5, 0.6) is 0 Å². The monoisotopic (exact) mass is 296 g/mol. The molecule has 0 saturated heterocycles. The predicted molar refractivity (Wildman–Crippen MR) is 85.8 cm³/mol. The summed E-state index contributed by atoms with van der Waals surface area (Å²) in [5.74, 6) is -1.52. The summed E-state index contributed by atoms with van der Waals surface area (Å²) in [6, 6.07) is 6.66. The number of carboxylic acid groups (broad SMARTS) is 1. The first-order chi connectivity index (χ1) is 10.5. The summed E-state index contributed by atoms with van der Waals surface area (Å²) in [6.07, 6.45) is 2.39. The summed E-state index contributed by atoms with van der Waals surface area (Å²) in [7, 11) is 0.393. The van der Waals surface area contributed by atoms with Crippen molar-refractivity contribution in [1.82, 2.24) is 0 Å². The molecule has 1 aromatic carbocycles. The molecular formula is C17H17BO4. The molecule has 0 heterocycles. The molecule has 4 nitrogen and oxygen atoms in total. The van der Waals surface area contributed by atoms with Gasteiger partial charge >= 0.3 is 5.97 Å². The highest BCUT2D eigenvalue weighted by molar-refractivity contribution is 6.58. The second-order valence-corrected chi connectivity index (χ2v) is 5.17. The first-order valence-electron chi connectivity index (χ1n) is 7.36. The van der Waals surface area contributed by atoms with E-state index in [4.69, 9.17) is 0 Å². The van der Waals surface area contributed by atoms with Crippen molar-refractivity contribution in [2.45, 2.75) is 26.6 Å². The van der Waals surface area contributed by atoms with Crippen LogP contribution in [0.1, 0.15) is 40.5 Å². The van der Waals surface area contributed by atoms with Crippen LogP contribution >= 0.6 is 0 Å². The summed E-state index contributed by atoms with van der Waals surface area (Å²) in [5, 5.41) is 9.25. The maximum absolute atomic E-state index is 12.6. The van der Waals surface area contributed by atoms with Gasteiger partial charge in [-0.15, -0.1) is 0 Å². The number of ketones is 2. The first-order valence-corrected chi connectivity index (χ1v) is 7.36. The van der Waals surface area contributed by atoms with Crippen molar-refractivity contribution in [3.05, 3.63) is 58.1 Å². The predicted octanol–water partition coefficient (Wildman–Crippen LogP) is 2.62. The Kier molecular flexibility index (Phi) is 4.76. The number of aliphatic carboxylic acids is 1. The van der Waals surface area contributed by atoms with Crippen molar-refractivity contribution in [1.29, 1.82) is 0 Å². The molecule has 0 aromatic heterocycles. The number of carbonyl (C=O) groups excluding carboxylic acids is 2. The maximum atomic E-state index is 12.6. The fraction of sp³-hybridized carbons (Fsp3) is 0.235. The minimum atomic E-state index is -1.05. The van der Waals surface area contributed by atoms with Gasteiger partial charge in [0, 0.05) is 22.3 Å². The van der Waals surface area contributed by atoms with E-state index in [1.165, 1.54) is 6.08 Å². The number of rotatable bonds is 5. The molecule has 0 radical (unpaired) electrons. The second kappa shape index (κ2) is 6.56. The van der Waals surface area contributed by atoms with Crippen LogP contribution in [-0.2, 0) is 4.79 Å². The molecule has 5 heteroatoms. The smallest absolute Gasteiger partial charge is 0.331 e. The summed E-state index contributed by atoms with van der Waals surface area (Å²) < 4.78 is 0.